The van der Waals surface area contributed by atoms with E-state index in [1.54, 1.807) is 30.8 Å². The number of rotatable bonds is 3. The zero-order chi connectivity index (χ0) is 11.5. The molecular formula is C11H12FN3S. The lowest BCUT2D eigenvalue weighted by Crippen LogP contribution is -2.28. The van der Waals surface area contributed by atoms with Crippen LogP contribution in [0.5, 0.6) is 0 Å². The van der Waals surface area contributed by atoms with E-state index >= 15 is 0 Å². The molecule has 5 heteroatoms. The van der Waals surface area contributed by atoms with E-state index in [0.29, 0.717) is 5.56 Å². The average molecular weight is 237 g/mol. The summed E-state index contributed by atoms with van der Waals surface area (Å²) in [5.74, 6) is 5.31. The van der Waals surface area contributed by atoms with E-state index in [2.05, 4.69) is 10.4 Å². The van der Waals surface area contributed by atoms with Gasteiger partial charge in [0.05, 0.1) is 11.6 Å². The SMILES string of the molecule is Cc1cc(C(NN)c2cncs2)ccc1F. The summed E-state index contributed by atoms with van der Waals surface area (Å²) in [5.41, 5.74) is 6.01. The summed E-state index contributed by atoms with van der Waals surface area (Å²) in [6.07, 6.45) is 1.76. The predicted octanol–water partition coefficient (Wildman–Crippen LogP) is 2.14. The zero-order valence-electron chi connectivity index (χ0n) is 8.77. The lowest BCUT2D eigenvalue weighted by Gasteiger charge is -2.14. The number of hydrogen-bond donors (Lipinski definition) is 2. The normalized spacial score (nSPS) is 12.7. The summed E-state index contributed by atoms with van der Waals surface area (Å²) in [6.45, 7) is 1.74. The summed E-state index contributed by atoms with van der Waals surface area (Å²) < 4.78 is 13.1. The molecule has 0 bridgehead atoms. The highest BCUT2D eigenvalue weighted by Crippen LogP contribution is 2.25. The van der Waals surface area contributed by atoms with Crippen LogP contribution in [0.15, 0.2) is 29.9 Å². The fourth-order valence-corrected chi connectivity index (χ4v) is 2.26. The second-order valence-electron chi connectivity index (χ2n) is 3.51. The number of nitrogens with one attached hydrogen (secondary N) is 1. The van der Waals surface area contributed by atoms with Gasteiger partial charge in [-0.3, -0.25) is 10.8 Å². The molecule has 1 unspecified atom stereocenters. The van der Waals surface area contributed by atoms with Gasteiger partial charge in [-0.15, -0.1) is 11.3 Å². The number of aromatic nitrogens is 1. The van der Waals surface area contributed by atoms with Gasteiger partial charge >= 0.3 is 0 Å². The summed E-state index contributed by atoms with van der Waals surface area (Å²) in [4.78, 5) is 5.01. The van der Waals surface area contributed by atoms with Gasteiger partial charge in [0.25, 0.3) is 0 Å². The molecule has 0 saturated carbocycles. The molecule has 1 heterocycles. The summed E-state index contributed by atoms with van der Waals surface area (Å²) in [5, 5.41) is 0. The molecule has 0 saturated heterocycles. The Kier molecular flexibility index (Phi) is 3.28. The van der Waals surface area contributed by atoms with Crippen LogP contribution < -0.4 is 11.3 Å². The van der Waals surface area contributed by atoms with E-state index in [0.717, 1.165) is 10.4 Å². The van der Waals surface area contributed by atoms with Crippen LogP contribution in [-0.2, 0) is 0 Å². The smallest absolute Gasteiger partial charge is 0.126 e. The van der Waals surface area contributed by atoms with Crippen molar-refractivity contribution in [2.45, 2.75) is 13.0 Å². The fraction of sp³-hybridized carbons (Fsp3) is 0.182. The zero-order valence-corrected chi connectivity index (χ0v) is 9.59. The Morgan fingerprint density at radius 3 is 2.88 bits per heavy atom. The third kappa shape index (κ3) is 2.11. The molecule has 0 fully saturated rings. The molecule has 3 N–H and O–H groups in total. The number of nitrogens with two attached hydrogens (primary N) is 1. The first-order valence-corrected chi connectivity index (χ1v) is 5.71. The van der Waals surface area contributed by atoms with E-state index in [4.69, 9.17) is 5.84 Å². The molecule has 2 rings (SSSR count). The Balaban J connectivity index is 2.37. The van der Waals surface area contributed by atoms with Crippen molar-refractivity contribution in [1.82, 2.24) is 10.4 Å². The minimum absolute atomic E-state index is 0.133. The van der Waals surface area contributed by atoms with Gasteiger partial charge in [-0.1, -0.05) is 12.1 Å². The van der Waals surface area contributed by atoms with Crippen LogP contribution in [0.4, 0.5) is 4.39 Å². The molecule has 0 amide bonds. The van der Waals surface area contributed by atoms with Gasteiger partial charge in [0.15, 0.2) is 0 Å². The van der Waals surface area contributed by atoms with Crippen LogP contribution in [-0.4, -0.2) is 4.98 Å². The molecule has 0 aliphatic carbocycles. The van der Waals surface area contributed by atoms with Crippen LogP contribution in [0.25, 0.3) is 0 Å². The van der Waals surface area contributed by atoms with Gasteiger partial charge in [-0.05, 0) is 24.1 Å². The summed E-state index contributed by atoms with van der Waals surface area (Å²) in [7, 11) is 0. The molecule has 0 radical (unpaired) electrons. The first-order chi connectivity index (χ1) is 7.72. The number of hydrazine groups is 1. The second-order valence-corrected chi connectivity index (χ2v) is 4.43. The van der Waals surface area contributed by atoms with Crippen LogP contribution in [0.3, 0.4) is 0 Å². The minimum atomic E-state index is -0.205. The Labute approximate surface area is 97.1 Å². The summed E-state index contributed by atoms with van der Waals surface area (Å²) in [6, 6.07) is 4.84. The predicted molar refractivity (Wildman–Crippen MR) is 62.4 cm³/mol. The van der Waals surface area contributed by atoms with Crippen molar-refractivity contribution in [2.75, 3.05) is 0 Å². The summed E-state index contributed by atoms with van der Waals surface area (Å²) >= 11 is 1.51. The highest BCUT2D eigenvalue weighted by molar-refractivity contribution is 7.09. The Morgan fingerprint density at radius 1 is 1.50 bits per heavy atom. The monoisotopic (exact) mass is 237 g/mol. The van der Waals surface area contributed by atoms with Gasteiger partial charge in [-0.25, -0.2) is 9.82 Å². The molecular weight excluding hydrogens is 225 g/mol. The molecule has 0 aliphatic rings. The van der Waals surface area contributed by atoms with Crippen molar-refractivity contribution in [3.63, 3.8) is 0 Å². The van der Waals surface area contributed by atoms with Crippen LogP contribution >= 0.6 is 11.3 Å². The third-order valence-corrected chi connectivity index (χ3v) is 3.26. The average Bonchev–Trinajstić information content (AvgIpc) is 2.78. The number of benzene rings is 1. The van der Waals surface area contributed by atoms with E-state index in [1.165, 1.54) is 17.4 Å². The molecule has 84 valence electrons. The Bertz CT molecular complexity index is 470. The van der Waals surface area contributed by atoms with Crippen LogP contribution in [0, 0.1) is 12.7 Å². The molecule has 0 aliphatic heterocycles. The van der Waals surface area contributed by atoms with Crippen molar-refractivity contribution < 1.29 is 4.39 Å². The van der Waals surface area contributed by atoms with E-state index in [9.17, 15) is 4.39 Å². The topological polar surface area (TPSA) is 50.9 Å². The van der Waals surface area contributed by atoms with Gasteiger partial charge in [0.1, 0.15) is 5.82 Å². The molecule has 1 aromatic heterocycles. The molecule has 1 aromatic carbocycles. The highest BCUT2D eigenvalue weighted by Gasteiger charge is 2.14. The number of thiazole rings is 1. The molecule has 1 atom stereocenters. The molecule has 3 nitrogen and oxygen atoms in total. The van der Waals surface area contributed by atoms with Crippen LogP contribution in [0.1, 0.15) is 22.0 Å². The van der Waals surface area contributed by atoms with Gasteiger partial charge in [-0.2, -0.15) is 0 Å². The standard InChI is InChI=1S/C11H12FN3S/c1-7-4-8(2-3-9(7)12)11(15-13)10-5-14-6-16-10/h2-6,11,15H,13H2,1H3. The second kappa shape index (κ2) is 4.69. The first-order valence-electron chi connectivity index (χ1n) is 4.83. The highest BCUT2D eigenvalue weighted by atomic mass is 32.1. The number of aryl methyl sites for hydroxylation is 1. The van der Waals surface area contributed by atoms with Crippen molar-refractivity contribution in [2.24, 2.45) is 5.84 Å². The fourth-order valence-electron chi connectivity index (χ4n) is 1.56. The van der Waals surface area contributed by atoms with Crippen molar-refractivity contribution in [1.29, 1.82) is 0 Å². The Hall–Kier alpha value is -1.30. The van der Waals surface area contributed by atoms with E-state index in [-0.39, 0.29) is 11.9 Å². The number of nitrogens with zero attached hydrogens (tertiary/aromatic N) is 1. The Morgan fingerprint density at radius 2 is 2.31 bits per heavy atom. The molecule has 2 aromatic rings. The van der Waals surface area contributed by atoms with Gasteiger partial charge in [0.2, 0.25) is 0 Å². The molecule has 0 spiro atoms. The van der Waals surface area contributed by atoms with Gasteiger partial charge in [0, 0.05) is 11.1 Å². The number of hydrogen-bond acceptors (Lipinski definition) is 4. The maximum atomic E-state index is 13.1. The third-order valence-electron chi connectivity index (χ3n) is 2.42. The largest absolute Gasteiger partial charge is 0.271 e. The van der Waals surface area contributed by atoms with E-state index in [1.807, 2.05) is 0 Å². The maximum Gasteiger partial charge on any atom is 0.126 e. The van der Waals surface area contributed by atoms with Crippen molar-refractivity contribution in [3.05, 3.63) is 51.7 Å². The van der Waals surface area contributed by atoms with E-state index < -0.39 is 0 Å². The minimum Gasteiger partial charge on any atom is -0.271 e. The quantitative estimate of drug-likeness (QED) is 0.635. The van der Waals surface area contributed by atoms with Crippen molar-refractivity contribution in [3.8, 4) is 0 Å². The van der Waals surface area contributed by atoms with Crippen LogP contribution in [0.2, 0.25) is 0 Å². The van der Waals surface area contributed by atoms with Crippen molar-refractivity contribution >= 4 is 11.3 Å². The lowest BCUT2D eigenvalue weighted by molar-refractivity contribution is 0.609. The van der Waals surface area contributed by atoms with Gasteiger partial charge < -0.3 is 0 Å². The molecule has 16 heavy (non-hydrogen) atoms. The first kappa shape index (κ1) is 11.2. The maximum absolute atomic E-state index is 13.1. The lowest BCUT2D eigenvalue weighted by atomic mass is 10.0. The number of halogens is 1.